The first-order valence-corrected chi connectivity index (χ1v) is 12.9. The van der Waals surface area contributed by atoms with E-state index in [0.29, 0.717) is 19.0 Å². The summed E-state index contributed by atoms with van der Waals surface area (Å²) < 4.78 is 5.50. The third-order valence-corrected chi connectivity index (χ3v) is 6.35. The van der Waals surface area contributed by atoms with Gasteiger partial charge in [0.05, 0.1) is 16.7 Å². The standard InChI is InChI=1S/C28H34N8O2/c1-18-16-30-19(2)31-25(18)21-6-7-22-23(15-21)33-26(32-22)34-24-14-20(8-9-29-24)17-35-10-12-36(13-11-35)27(37)38-28(3,4)5/h6-9,14-16H,10-13,17H2,1-5H3,(H2,29,32,33,34). The fourth-order valence-corrected chi connectivity index (χ4v) is 4.47. The van der Waals surface area contributed by atoms with E-state index in [-0.39, 0.29) is 6.09 Å². The average molecular weight is 515 g/mol. The van der Waals surface area contributed by atoms with Crippen LogP contribution in [0.5, 0.6) is 0 Å². The number of amides is 1. The minimum absolute atomic E-state index is 0.243. The lowest BCUT2D eigenvalue weighted by atomic mass is 10.1. The molecule has 0 unspecified atom stereocenters. The molecular formula is C28H34N8O2. The Labute approximate surface area is 222 Å². The van der Waals surface area contributed by atoms with Crippen molar-refractivity contribution in [2.75, 3.05) is 31.5 Å². The molecule has 1 fully saturated rings. The summed E-state index contributed by atoms with van der Waals surface area (Å²) in [5.74, 6) is 2.09. The van der Waals surface area contributed by atoms with Crippen molar-refractivity contribution in [2.45, 2.75) is 46.8 Å². The van der Waals surface area contributed by atoms with Crippen LogP contribution in [0.3, 0.4) is 0 Å². The zero-order valence-electron chi connectivity index (χ0n) is 22.6. The van der Waals surface area contributed by atoms with Gasteiger partial charge in [-0.1, -0.05) is 6.07 Å². The van der Waals surface area contributed by atoms with Gasteiger partial charge in [0.25, 0.3) is 0 Å². The van der Waals surface area contributed by atoms with Crippen LogP contribution < -0.4 is 5.32 Å². The van der Waals surface area contributed by atoms with Crippen molar-refractivity contribution < 1.29 is 9.53 Å². The van der Waals surface area contributed by atoms with Gasteiger partial charge in [0.2, 0.25) is 5.95 Å². The first-order chi connectivity index (χ1) is 18.1. The van der Waals surface area contributed by atoms with Gasteiger partial charge in [-0.15, -0.1) is 0 Å². The van der Waals surface area contributed by atoms with E-state index >= 15 is 0 Å². The molecule has 1 aliphatic rings. The van der Waals surface area contributed by atoms with Crippen LogP contribution in [0.25, 0.3) is 22.3 Å². The molecule has 0 atom stereocenters. The number of benzene rings is 1. The van der Waals surface area contributed by atoms with E-state index in [1.165, 1.54) is 0 Å². The molecule has 0 bridgehead atoms. The smallest absolute Gasteiger partial charge is 0.410 e. The summed E-state index contributed by atoms with van der Waals surface area (Å²) in [4.78, 5) is 37.8. The van der Waals surface area contributed by atoms with E-state index in [1.807, 2.05) is 65.1 Å². The molecule has 38 heavy (non-hydrogen) atoms. The van der Waals surface area contributed by atoms with E-state index in [1.54, 1.807) is 11.1 Å². The van der Waals surface area contributed by atoms with Crippen molar-refractivity contribution >= 4 is 28.9 Å². The Morgan fingerprint density at radius 1 is 1.05 bits per heavy atom. The number of fused-ring (bicyclic) bond motifs is 1. The summed E-state index contributed by atoms with van der Waals surface area (Å²) in [6.07, 6.45) is 3.41. The van der Waals surface area contributed by atoms with E-state index in [4.69, 9.17) is 4.74 Å². The van der Waals surface area contributed by atoms with Crippen LogP contribution in [-0.2, 0) is 11.3 Å². The SMILES string of the molecule is Cc1ncc(C)c(-c2ccc3nc(Nc4cc(CN5CCN(C(=O)OC(C)(C)C)CC5)ccn4)[nH]c3c2)n1. The van der Waals surface area contributed by atoms with Crippen molar-refractivity contribution in [3.8, 4) is 11.3 Å². The number of anilines is 2. The number of H-pyrrole nitrogens is 1. The molecule has 4 aromatic rings. The lowest BCUT2D eigenvalue weighted by Gasteiger charge is -2.35. The first-order valence-electron chi connectivity index (χ1n) is 12.9. The molecule has 0 spiro atoms. The number of hydrogen-bond donors (Lipinski definition) is 2. The van der Waals surface area contributed by atoms with Crippen molar-refractivity contribution in [3.05, 3.63) is 59.7 Å². The second kappa shape index (κ2) is 10.4. The van der Waals surface area contributed by atoms with Gasteiger partial charge in [0, 0.05) is 50.7 Å². The lowest BCUT2D eigenvalue weighted by Crippen LogP contribution is -2.49. The number of aromatic nitrogens is 5. The molecule has 10 nitrogen and oxygen atoms in total. The predicted molar refractivity (Wildman–Crippen MR) is 147 cm³/mol. The number of nitrogens with one attached hydrogen (secondary N) is 2. The zero-order valence-corrected chi connectivity index (χ0v) is 22.6. The van der Waals surface area contributed by atoms with E-state index in [9.17, 15) is 4.79 Å². The Morgan fingerprint density at radius 3 is 2.61 bits per heavy atom. The van der Waals surface area contributed by atoms with Gasteiger partial charge < -0.3 is 19.9 Å². The van der Waals surface area contributed by atoms with E-state index < -0.39 is 5.60 Å². The maximum Gasteiger partial charge on any atom is 0.410 e. The molecule has 1 aliphatic heterocycles. The number of aromatic amines is 1. The molecule has 198 valence electrons. The van der Waals surface area contributed by atoms with Gasteiger partial charge >= 0.3 is 6.09 Å². The number of nitrogens with zero attached hydrogens (tertiary/aromatic N) is 6. The molecule has 1 aromatic carbocycles. The Morgan fingerprint density at radius 2 is 1.84 bits per heavy atom. The molecule has 0 aliphatic carbocycles. The minimum Gasteiger partial charge on any atom is -0.444 e. The Balaban J connectivity index is 1.22. The van der Waals surface area contributed by atoms with Gasteiger partial charge in [-0.2, -0.15) is 0 Å². The topological polar surface area (TPSA) is 112 Å². The molecule has 1 saturated heterocycles. The number of ether oxygens (including phenoxy) is 1. The molecule has 1 amide bonds. The summed E-state index contributed by atoms with van der Waals surface area (Å²) in [6.45, 7) is 13.2. The third kappa shape index (κ3) is 6.08. The van der Waals surface area contributed by atoms with Crippen LogP contribution in [0.1, 0.15) is 37.7 Å². The second-order valence-electron chi connectivity index (χ2n) is 10.7. The highest BCUT2D eigenvalue weighted by Gasteiger charge is 2.25. The fourth-order valence-electron chi connectivity index (χ4n) is 4.47. The Hall–Kier alpha value is -4.05. The van der Waals surface area contributed by atoms with Crippen LogP contribution >= 0.6 is 0 Å². The largest absolute Gasteiger partial charge is 0.444 e. The van der Waals surface area contributed by atoms with E-state index in [0.717, 1.165) is 64.7 Å². The highest BCUT2D eigenvalue weighted by atomic mass is 16.6. The van der Waals surface area contributed by atoms with Crippen LogP contribution in [0.15, 0.2) is 42.7 Å². The summed E-state index contributed by atoms with van der Waals surface area (Å²) in [7, 11) is 0. The van der Waals surface area contributed by atoms with Gasteiger partial charge in [0.1, 0.15) is 17.2 Å². The molecule has 0 radical (unpaired) electrons. The highest BCUT2D eigenvalue weighted by Crippen LogP contribution is 2.26. The molecule has 0 saturated carbocycles. The number of carbonyl (C=O) groups excluding carboxylic acids is 1. The zero-order chi connectivity index (χ0) is 26.9. The minimum atomic E-state index is -0.480. The maximum atomic E-state index is 12.3. The predicted octanol–water partition coefficient (Wildman–Crippen LogP) is 4.83. The number of aryl methyl sites for hydroxylation is 2. The molecular weight excluding hydrogens is 480 g/mol. The van der Waals surface area contributed by atoms with Crippen molar-refractivity contribution in [2.24, 2.45) is 0 Å². The van der Waals surface area contributed by atoms with Gasteiger partial charge in [-0.25, -0.2) is 24.7 Å². The molecule has 10 heteroatoms. The molecule has 2 N–H and O–H groups in total. The lowest BCUT2D eigenvalue weighted by molar-refractivity contribution is 0.0139. The Kier molecular flexibility index (Phi) is 6.98. The Bertz CT molecular complexity index is 1450. The summed E-state index contributed by atoms with van der Waals surface area (Å²) in [6, 6.07) is 10.1. The normalized spacial score (nSPS) is 14.6. The van der Waals surface area contributed by atoms with Gasteiger partial charge in [-0.3, -0.25) is 4.90 Å². The molecule has 3 aromatic heterocycles. The number of imidazole rings is 1. The van der Waals surface area contributed by atoms with Crippen molar-refractivity contribution in [1.29, 1.82) is 0 Å². The van der Waals surface area contributed by atoms with Crippen LogP contribution in [0, 0.1) is 13.8 Å². The number of pyridine rings is 1. The maximum absolute atomic E-state index is 12.3. The summed E-state index contributed by atoms with van der Waals surface area (Å²) >= 11 is 0. The number of hydrogen-bond acceptors (Lipinski definition) is 8. The van der Waals surface area contributed by atoms with Crippen LogP contribution in [-0.4, -0.2) is 72.6 Å². The average Bonchev–Trinajstić information content (AvgIpc) is 3.26. The van der Waals surface area contributed by atoms with Crippen molar-refractivity contribution in [3.63, 3.8) is 0 Å². The van der Waals surface area contributed by atoms with Crippen molar-refractivity contribution in [1.82, 2.24) is 34.7 Å². The monoisotopic (exact) mass is 514 g/mol. The van der Waals surface area contributed by atoms with Crippen LogP contribution in [0.4, 0.5) is 16.6 Å². The van der Waals surface area contributed by atoms with E-state index in [2.05, 4.69) is 41.2 Å². The third-order valence-electron chi connectivity index (χ3n) is 6.35. The number of piperazine rings is 1. The summed E-state index contributed by atoms with van der Waals surface area (Å²) in [5, 5.41) is 3.30. The van der Waals surface area contributed by atoms with Gasteiger partial charge in [-0.05, 0) is 70.0 Å². The first kappa shape index (κ1) is 25.6. The second-order valence-corrected chi connectivity index (χ2v) is 10.7. The molecule has 5 rings (SSSR count). The van der Waals surface area contributed by atoms with Gasteiger partial charge in [0.15, 0.2) is 0 Å². The quantitative estimate of drug-likeness (QED) is 0.390. The number of carbonyl (C=O) groups is 1. The van der Waals surface area contributed by atoms with Crippen LogP contribution in [0.2, 0.25) is 0 Å². The highest BCUT2D eigenvalue weighted by molar-refractivity contribution is 5.83. The fraction of sp³-hybridized carbons (Fsp3) is 0.393. The number of rotatable bonds is 5. The molecule has 4 heterocycles. The summed E-state index contributed by atoms with van der Waals surface area (Å²) in [5.41, 5.74) is 5.40.